The van der Waals surface area contributed by atoms with E-state index in [4.69, 9.17) is 0 Å². The third-order valence-electron chi connectivity index (χ3n) is 4.07. The summed E-state index contributed by atoms with van der Waals surface area (Å²) < 4.78 is 29.7. The highest BCUT2D eigenvalue weighted by Crippen LogP contribution is 2.50. The van der Waals surface area contributed by atoms with E-state index < -0.39 is 16.9 Å². The van der Waals surface area contributed by atoms with Gasteiger partial charge in [-0.05, 0) is 29.5 Å². The molecule has 1 saturated heterocycles. The van der Waals surface area contributed by atoms with Crippen molar-refractivity contribution in [3.63, 3.8) is 0 Å². The predicted molar refractivity (Wildman–Crippen MR) is 88.4 cm³/mol. The van der Waals surface area contributed by atoms with Gasteiger partial charge < -0.3 is 10.0 Å². The Morgan fingerprint density at radius 2 is 1.67 bits per heavy atom. The molecule has 1 aliphatic heterocycles. The van der Waals surface area contributed by atoms with Crippen LogP contribution >= 0.6 is 11.8 Å². The minimum Gasteiger partial charge on any atom is -0.365 e. The van der Waals surface area contributed by atoms with Gasteiger partial charge >= 0.3 is 5.25 Å². The highest BCUT2D eigenvalue weighted by atomic mass is 32.2. The van der Waals surface area contributed by atoms with Crippen LogP contribution in [-0.4, -0.2) is 26.9 Å². The molecule has 0 bridgehead atoms. The lowest BCUT2D eigenvalue weighted by Gasteiger charge is -2.39. The van der Waals surface area contributed by atoms with Crippen LogP contribution in [0.3, 0.4) is 0 Å². The molecule has 1 heterocycles. The minimum atomic E-state index is -3.52. The second kappa shape index (κ2) is 6.53. The molecule has 1 fully saturated rings. The summed E-state index contributed by atoms with van der Waals surface area (Å²) in [5.41, 5.74) is -1.80. The van der Waals surface area contributed by atoms with Gasteiger partial charge in [0.1, 0.15) is 0 Å². The molecule has 3 nitrogen and oxygen atoms in total. The molecule has 1 aliphatic rings. The van der Waals surface area contributed by atoms with Gasteiger partial charge in [-0.2, -0.15) is 8.78 Å². The standard InChI is InChI=1S/C18H17F2NO2S/c19-18(20,24-15-9-5-2-6-10-15)17(23)12-11-16(22)21(17)13-14-7-3-1-4-8-14/h1-10,23H,11-13H2. The van der Waals surface area contributed by atoms with Gasteiger partial charge in [0.25, 0.3) is 0 Å². The molecule has 126 valence electrons. The molecular formula is C18H17F2NO2S. The van der Waals surface area contributed by atoms with Crippen LogP contribution in [0.25, 0.3) is 0 Å². The molecule has 1 amide bonds. The van der Waals surface area contributed by atoms with Crippen molar-refractivity contribution in [2.24, 2.45) is 0 Å². The Hall–Kier alpha value is -1.92. The number of carbonyl (C=O) groups excluding carboxylic acids is 1. The van der Waals surface area contributed by atoms with Crippen molar-refractivity contribution in [1.82, 2.24) is 4.90 Å². The first-order chi connectivity index (χ1) is 11.4. The molecule has 0 aromatic heterocycles. The number of carbonyl (C=O) groups is 1. The van der Waals surface area contributed by atoms with Crippen LogP contribution < -0.4 is 0 Å². The van der Waals surface area contributed by atoms with E-state index in [1.54, 1.807) is 60.7 Å². The summed E-state index contributed by atoms with van der Waals surface area (Å²) in [6, 6.07) is 17.0. The van der Waals surface area contributed by atoms with E-state index in [2.05, 4.69) is 0 Å². The average Bonchev–Trinajstić information content (AvgIpc) is 2.86. The lowest BCUT2D eigenvalue weighted by atomic mass is 10.1. The quantitative estimate of drug-likeness (QED) is 0.833. The van der Waals surface area contributed by atoms with Gasteiger partial charge in [0.2, 0.25) is 11.6 Å². The third-order valence-corrected chi connectivity index (χ3v) is 5.17. The van der Waals surface area contributed by atoms with E-state index in [1.165, 1.54) is 0 Å². The molecule has 3 rings (SSSR count). The summed E-state index contributed by atoms with van der Waals surface area (Å²) in [5, 5.41) is 7.19. The maximum atomic E-state index is 14.8. The number of aliphatic hydroxyl groups is 1. The van der Waals surface area contributed by atoms with Gasteiger partial charge in [-0.1, -0.05) is 48.5 Å². The van der Waals surface area contributed by atoms with Crippen LogP contribution in [-0.2, 0) is 11.3 Å². The number of rotatable bonds is 5. The second-order valence-corrected chi connectivity index (χ2v) is 6.90. The van der Waals surface area contributed by atoms with Crippen molar-refractivity contribution in [3.05, 3.63) is 66.2 Å². The minimum absolute atomic E-state index is 0.0406. The summed E-state index contributed by atoms with van der Waals surface area (Å²) in [7, 11) is 0. The molecule has 1 N–H and O–H groups in total. The number of benzene rings is 2. The van der Waals surface area contributed by atoms with Crippen LogP contribution in [0.5, 0.6) is 0 Å². The molecule has 24 heavy (non-hydrogen) atoms. The second-order valence-electron chi connectivity index (χ2n) is 5.71. The zero-order valence-electron chi connectivity index (χ0n) is 12.9. The van der Waals surface area contributed by atoms with E-state index in [0.717, 1.165) is 4.90 Å². The Labute approximate surface area is 143 Å². The number of nitrogens with zero attached hydrogens (tertiary/aromatic N) is 1. The predicted octanol–water partition coefficient (Wildman–Crippen LogP) is 3.88. The fourth-order valence-electron chi connectivity index (χ4n) is 2.76. The summed E-state index contributed by atoms with van der Waals surface area (Å²) in [6.45, 7) is -0.0406. The maximum absolute atomic E-state index is 14.8. The van der Waals surface area contributed by atoms with Crippen LogP contribution in [0, 0.1) is 0 Å². The summed E-state index contributed by atoms with van der Waals surface area (Å²) in [6.07, 6.45) is -0.375. The Morgan fingerprint density at radius 3 is 2.29 bits per heavy atom. The van der Waals surface area contributed by atoms with Crippen molar-refractivity contribution in [1.29, 1.82) is 0 Å². The van der Waals surface area contributed by atoms with Gasteiger partial charge in [-0.3, -0.25) is 4.79 Å². The SMILES string of the molecule is O=C1CCC(O)(C(F)(F)Sc2ccccc2)N1Cc1ccccc1. The third kappa shape index (κ3) is 3.16. The summed E-state index contributed by atoms with van der Waals surface area (Å²) in [4.78, 5) is 13.4. The van der Waals surface area contributed by atoms with Crippen molar-refractivity contribution in [2.45, 2.75) is 35.3 Å². The molecule has 1 unspecified atom stereocenters. The largest absolute Gasteiger partial charge is 0.365 e. The maximum Gasteiger partial charge on any atom is 0.344 e. The Balaban J connectivity index is 1.86. The first kappa shape index (κ1) is 16.9. The number of hydrogen-bond donors (Lipinski definition) is 1. The summed E-state index contributed by atoms with van der Waals surface area (Å²) in [5.74, 6) is -0.463. The lowest BCUT2D eigenvalue weighted by molar-refractivity contribution is -0.200. The first-order valence-electron chi connectivity index (χ1n) is 7.61. The normalized spacial score (nSPS) is 21.3. The molecule has 2 aromatic carbocycles. The molecule has 0 aliphatic carbocycles. The van der Waals surface area contributed by atoms with Crippen molar-refractivity contribution >= 4 is 17.7 Å². The highest BCUT2D eigenvalue weighted by molar-refractivity contribution is 8.00. The molecule has 6 heteroatoms. The fraction of sp³-hybridized carbons (Fsp3) is 0.278. The zero-order valence-corrected chi connectivity index (χ0v) is 13.7. The Bertz CT molecular complexity index is 711. The fourth-order valence-corrected chi connectivity index (χ4v) is 3.73. The van der Waals surface area contributed by atoms with Crippen molar-refractivity contribution in [2.75, 3.05) is 0 Å². The van der Waals surface area contributed by atoms with Gasteiger partial charge in [0.15, 0.2) is 0 Å². The van der Waals surface area contributed by atoms with Crippen LogP contribution in [0.15, 0.2) is 65.6 Å². The molecule has 0 saturated carbocycles. The van der Waals surface area contributed by atoms with Gasteiger partial charge in [0, 0.05) is 24.3 Å². The number of likely N-dealkylation sites (tertiary alicyclic amines) is 1. The Morgan fingerprint density at radius 1 is 1.08 bits per heavy atom. The zero-order chi connectivity index (χ0) is 17.2. The topological polar surface area (TPSA) is 40.5 Å². The number of alkyl halides is 2. The molecular weight excluding hydrogens is 332 g/mol. The van der Waals surface area contributed by atoms with E-state index in [0.29, 0.717) is 10.5 Å². The Kier molecular flexibility index (Phi) is 4.60. The molecule has 0 spiro atoms. The van der Waals surface area contributed by atoms with Crippen molar-refractivity contribution < 1.29 is 18.7 Å². The smallest absolute Gasteiger partial charge is 0.344 e. The monoisotopic (exact) mass is 349 g/mol. The molecule has 2 aromatic rings. The van der Waals surface area contributed by atoms with Crippen molar-refractivity contribution in [3.8, 4) is 0 Å². The van der Waals surface area contributed by atoms with Crippen LogP contribution in [0.4, 0.5) is 8.78 Å². The van der Waals surface area contributed by atoms with Crippen LogP contribution in [0.2, 0.25) is 0 Å². The van der Waals surface area contributed by atoms with E-state index in [1.807, 2.05) is 0 Å². The summed E-state index contributed by atoms with van der Waals surface area (Å²) >= 11 is 0.281. The highest BCUT2D eigenvalue weighted by Gasteiger charge is 2.61. The first-order valence-corrected chi connectivity index (χ1v) is 8.43. The number of amides is 1. The van der Waals surface area contributed by atoms with E-state index in [-0.39, 0.29) is 31.1 Å². The number of hydrogen-bond acceptors (Lipinski definition) is 3. The average molecular weight is 349 g/mol. The van der Waals surface area contributed by atoms with Gasteiger partial charge in [-0.15, -0.1) is 0 Å². The van der Waals surface area contributed by atoms with E-state index in [9.17, 15) is 18.7 Å². The van der Waals surface area contributed by atoms with Gasteiger partial charge in [-0.25, -0.2) is 0 Å². The molecule has 1 atom stereocenters. The van der Waals surface area contributed by atoms with E-state index >= 15 is 0 Å². The lowest BCUT2D eigenvalue weighted by Crippen LogP contribution is -2.56. The number of thioether (sulfide) groups is 1. The van der Waals surface area contributed by atoms with Crippen LogP contribution in [0.1, 0.15) is 18.4 Å². The van der Waals surface area contributed by atoms with Gasteiger partial charge in [0.05, 0.1) is 0 Å². The molecule has 0 radical (unpaired) electrons. The number of halogens is 2.